The summed E-state index contributed by atoms with van der Waals surface area (Å²) in [6.07, 6.45) is 5.63. The van der Waals surface area contributed by atoms with Gasteiger partial charge in [-0.3, -0.25) is 19.5 Å². The van der Waals surface area contributed by atoms with E-state index in [-0.39, 0.29) is 12.3 Å². The molecule has 0 aromatic carbocycles. The van der Waals surface area contributed by atoms with Crippen LogP contribution in [0.3, 0.4) is 0 Å². The molecule has 1 aromatic rings. The molecule has 2 rings (SSSR count). The van der Waals surface area contributed by atoms with Crippen molar-refractivity contribution in [1.29, 1.82) is 0 Å². The first kappa shape index (κ1) is 15.7. The molecule has 110 valence electrons. The van der Waals surface area contributed by atoms with Crippen molar-refractivity contribution in [2.75, 3.05) is 6.54 Å². The summed E-state index contributed by atoms with van der Waals surface area (Å²) in [5.41, 5.74) is 1.91. The van der Waals surface area contributed by atoms with E-state index in [2.05, 4.69) is 4.98 Å². The zero-order chi connectivity index (χ0) is 15.4. The Balaban J connectivity index is 2.11. The number of aromatic nitrogens is 1. The Morgan fingerprint density at radius 1 is 1.57 bits per heavy atom. The molecule has 0 aliphatic carbocycles. The molecule has 2 heterocycles. The van der Waals surface area contributed by atoms with Gasteiger partial charge < -0.3 is 5.11 Å². The zero-order valence-corrected chi connectivity index (χ0v) is 13.0. The maximum Gasteiger partial charge on any atom is 0.303 e. The molecule has 0 saturated carbocycles. The molecule has 0 spiro atoms. The van der Waals surface area contributed by atoms with Crippen LogP contribution in [0, 0.1) is 6.92 Å². The summed E-state index contributed by atoms with van der Waals surface area (Å²) in [5, 5.41) is 8.64. The number of carbonyl (C=O) groups excluding carboxylic acids is 1. The van der Waals surface area contributed by atoms with Crippen LogP contribution < -0.4 is 0 Å². The Bertz CT molecular complexity index is 628. The summed E-state index contributed by atoms with van der Waals surface area (Å²) in [6, 6.07) is 1.84. The van der Waals surface area contributed by atoms with Gasteiger partial charge in [-0.05, 0) is 36.6 Å². The summed E-state index contributed by atoms with van der Waals surface area (Å²) >= 11 is 6.44. The lowest BCUT2D eigenvalue weighted by Crippen LogP contribution is -2.29. The number of pyridine rings is 1. The molecule has 1 aromatic heterocycles. The smallest absolute Gasteiger partial charge is 0.303 e. The van der Waals surface area contributed by atoms with Gasteiger partial charge in [0.2, 0.25) is 0 Å². The van der Waals surface area contributed by atoms with Gasteiger partial charge in [0.25, 0.3) is 5.91 Å². The highest BCUT2D eigenvalue weighted by atomic mass is 32.2. The average molecular weight is 322 g/mol. The minimum atomic E-state index is -0.872. The van der Waals surface area contributed by atoms with E-state index >= 15 is 0 Å². The third-order valence-corrected chi connectivity index (χ3v) is 4.37. The van der Waals surface area contributed by atoms with Gasteiger partial charge in [0, 0.05) is 25.4 Å². The molecule has 1 N–H and O–H groups in total. The quantitative estimate of drug-likeness (QED) is 0.663. The number of hydrogen-bond donors (Lipinski definition) is 1. The number of thiocarbonyl (C=S) groups is 1. The van der Waals surface area contributed by atoms with Gasteiger partial charge in [-0.1, -0.05) is 24.0 Å². The number of hydrogen-bond acceptors (Lipinski definition) is 5. The number of aliphatic carboxylic acids is 1. The fraction of sp³-hybridized carbons (Fsp3) is 0.286. The van der Waals surface area contributed by atoms with E-state index in [1.165, 1.54) is 16.7 Å². The van der Waals surface area contributed by atoms with E-state index in [1.807, 2.05) is 13.0 Å². The van der Waals surface area contributed by atoms with Gasteiger partial charge in [-0.2, -0.15) is 0 Å². The highest BCUT2D eigenvalue weighted by Crippen LogP contribution is 2.33. The molecule has 5 nitrogen and oxygen atoms in total. The van der Waals surface area contributed by atoms with Gasteiger partial charge in [-0.25, -0.2) is 0 Å². The molecule has 0 unspecified atom stereocenters. The maximum atomic E-state index is 12.3. The topological polar surface area (TPSA) is 70.5 Å². The van der Waals surface area contributed by atoms with Crippen LogP contribution in [0.4, 0.5) is 0 Å². The van der Waals surface area contributed by atoms with Gasteiger partial charge in [-0.15, -0.1) is 0 Å². The molecule has 1 saturated heterocycles. The molecule has 1 aliphatic rings. The lowest BCUT2D eigenvalue weighted by Gasteiger charge is -2.13. The van der Waals surface area contributed by atoms with Crippen LogP contribution in [0.15, 0.2) is 23.4 Å². The fourth-order valence-corrected chi connectivity index (χ4v) is 3.17. The van der Waals surface area contributed by atoms with E-state index in [1.54, 1.807) is 18.5 Å². The van der Waals surface area contributed by atoms with Crippen LogP contribution in [0.1, 0.15) is 24.0 Å². The van der Waals surface area contributed by atoms with E-state index in [0.717, 1.165) is 11.1 Å². The zero-order valence-electron chi connectivity index (χ0n) is 11.4. The second-order valence-electron chi connectivity index (χ2n) is 4.56. The van der Waals surface area contributed by atoms with Crippen molar-refractivity contribution in [2.24, 2.45) is 0 Å². The molecular formula is C14H14N2O3S2. The van der Waals surface area contributed by atoms with Crippen molar-refractivity contribution in [3.8, 4) is 0 Å². The lowest BCUT2D eigenvalue weighted by atomic mass is 10.1. The van der Waals surface area contributed by atoms with Crippen molar-refractivity contribution < 1.29 is 14.7 Å². The van der Waals surface area contributed by atoms with E-state index in [4.69, 9.17) is 17.3 Å². The normalized spacial score (nSPS) is 16.8. The first-order valence-electron chi connectivity index (χ1n) is 6.37. The predicted molar refractivity (Wildman–Crippen MR) is 85.7 cm³/mol. The second-order valence-corrected chi connectivity index (χ2v) is 6.24. The van der Waals surface area contributed by atoms with Crippen LogP contribution in [-0.4, -0.2) is 37.7 Å². The largest absolute Gasteiger partial charge is 0.481 e. The molecule has 0 atom stereocenters. The van der Waals surface area contributed by atoms with Crippen LogP contribution >= 0.6 is 24.0 Å². The maximum absolute atomic E-state index is 12.3. The number of carbonyl (C=O) groups is 2. The highest BCUT2D eigenvalue weighted by molar-refractivity contribution is 8.26. The van der Waals surface area contributed by atoms with Crippen LogP contribution in [0.2, 0.25) is 0 Å². The van der Waals surface area contributed by atoms with Crippen molar-refractivity contribution in [3.63, 3.8) is 0 Å². The van der Waals surface area contributed by atoms with E-state index in [0.29, 0.717) is 22.2 Å². The Morgan fingerprint density at radius 3 is 3.00 bits per heavy atom. The molecule has 1 fully saturated rings. The predicted octanol–water partition coefficient (Wildman–Crippen LogP) is 2.46. The Labute approximate surface area is 132 Å². The van der Waals surface area contributed by atoms with Gasteiger partial charge in [0.1, 0.15) is 4.32 Å². The summed E-state index contributed by atoms with van der Waals surface area (Å²) in [4.78, 5) is 28.8. The van der Waals surface area contributed by atoms with Crippen LogP contribution in [-0.2, 0) is 9.59 Å². The van der Waals surface area contributed by atoms with Crippen molar-refractivity contribution in [2.45, 2.75) is 19.8 Å². The standard InChI is InChI=1S/C14H14N2O3S2/c1-9-8-15-5-4-10(9)7-11-13(19)16(14(20)21-11)6-2-3-12(17)18/h4-5,7-8H,2-3,6H2,1H3,(H,17,18). The first-order valence-corrected chi connectivity index (χ1v) is 7.59. The van der Waals surface area contributed by atoms with Crippen LogP contribution in [0.25, 0.3) is 6.08 Å². The second kappa shape index (κ2) is 6.82. The minimum Gasteiger partial charge on any atom is -0.481 e. The van der Waals surface area contributed by atoms with Gasteiger partial charge >= 0.3 is 5.97 Å². The number of carboxylic acid groups (broad SMARTS) is 1. The number of thioether (sulfide) groups is 1. The number of amides is 1. The minimum absolute atomic E-state index is 0.0274. The Hall–Kier alpha value is -1.73. The van der Waals surface area contributed by atoms with Crippen molar-refractivity contribution in [1.82, 2.24) is 9.88 Å². The SMILES string of the molecule is Cc1cnccc1C=C1SC(=S)N(CCCC(=O)O)C1=O. The van der Waals surface area contributed by atoms with Crippen molar-refractivity contribution >= 4 is 46.3 Å². The molecule has 0 bridgehead atoms. The summed E-state index contributed by atoms with van der Waals surface area (Å²) in [6.45, 7) is 2.26. The average Bonchev–Trinajstić information content (AvgIpc) is 2.68. The monoisotopic (exact) mass is 322 g/mol. The Morgan fingerprint density at radius 2 is 2.33 bits per heavy atom. The molecule has 21 heavy (non-hydrogen) atoms. The number of carboxylic acids is 1. The molecule has 1 amide bonds. The third kappa shape index (κ3) is 3.89. The van der Waals surface area contributed by atoms with E-state index in [9.17, 15) is 9.59 Å². The summed E-state index contributed by atoms with van der Waals surface area (Å²) in [7, 11) is 0. The number of aryl methyl sites for hydroxylation is 1. The Kier molecular flexibility index (Phi) is 5.08. The molecular weight excluding hydrogens is 308 g/mol. The molecule has 7 heteroatoms. The fourth-order valence-electron chi connectivity index (χ4n) is 1.87. The summed E-state index contributed by atoms with van der Waals surface area (Å²) < 4.78 is 0.475. The third-order valence-electron chi connectivity index (χ3n) is 3.00. The molecule has 1 aliphatic heterocycles. The lowest BCUT2D eigenvalue weighted by molar-refractivity contribution is -0.137. The van der Waals surface area contributed by atoms with E-state index < -0.39 is 5.97 Å². The molecule has 0 radical (unpaired) electrons. The first-order chi connectivity index (χ1) is 9.99. The summed E-state index contributed by atoms with van der Waals surface area (Å²) in [5.74, 6) is -1.03. The van der Waals surface area contributed by atoms with Gasteiger partial charge in [0.15, 0.2) is 0 Å². The number of rotatable bonds is 5. The number of nitrogens with zero attached hydrogens (tertiary/aromatic N) is 2. The van der Waals surface area contributed by atoms with Crippen LogP contribution in [0.5, 0.6) is 0 Å². The van der Waals surface area contributed by atoms with Crippen molar-refractivity contribution in [3.05, 3.63) is 34.5 Å². The highest BCUT2D eigenvalue weighted by Gasteiger charge is 2.31. The van der Waals surface area contributed by atoms with Gasteiger partial charge in [0.05, 0.1) is 4.91 Å².